The molecule has 0 fully saturated rings. The summed E-state index contributed by atoms with van der Waals surface area (Å²) in [5.41, 5.74) is 5.39. The van der Waals surface area contributed by atoms with Gasteiger partial charge in [0.05, 0.1) is 6.04 Å². The lowest BCUT2D eigenvalue weighted by atomic mass is 10.2. The molecule has 0 aliphatic rings. The second-order valence-corrected chi connectivity index (χ2v) is 2.69. The molecule has 0 saturated heterocycles. The predicted octanol–water partition coefficient (Wildman–Crippen LogP) is 0.292. The summed E-state index contributed by atoms with van der Waals surface area (Å²) in [6.07, 6.45) is 3.74. The molecule has 0 aromatic heterocycles. The SMILES string of the molecule is CCCNCCCC(N)C=O. The van der Waals surface area contributed by atoms with E-state index >= 15 is 0 Å². The Morgan fingerprint density at radius 1 is 1.55 bits per heavy atom. The first kappa shape index (κ1) is 10.6. The Hall–Kier alpha value is -0.410. The van der Waals surface area contributed by atoms with Gasteiger partial charge in [-0.15, -0.1) is 0 Å². The standard InChI is InChI=1S/C8H18N2O/c1-2-5-10-6-3-4-8(9)7-11/h7-8,10H,2-6,9H2,1H3. The van der Waals surface area contributed by atoms with Crippen molar-refractivity contribution in [3.63, 3.8) is 0 Å². The van der Waals surface area contributed by atoms with Crippen molar-refractivity contribution in [3.8, 4) is 0 Å². The van der Waals surface area contributed by atoms with Crippen LogP contribution >= 0.6 is 0 Å². The number of aldehydes is 1. The van der Waals surface area contributed by atoms with Crippen molar-refractivity contribution >= 4 is 6.29 Å². The zero-order chi connectivity index (χ0) is 8.53. The maximum atomic E-state index is 10.1. The van der Waals surface area contributed by atoms with E-state index in [-0.39, 0.29) is 6.04 Å². The summed E-state index contributed by atoms with van der Waals surface area (Å²) < 4.78 is 0. The Morgan fingerprint density at radius 3 is 2.82 bits per heavy atom. The van der Waals surface area contributed by atoms with Crippen LogP contribution in [0.5, 0.6) is 0 Å². The molecule has 0 bridgehead atoms. The van der Waals surface area contributed by atoms with Crippen molar-refractivity contribution in [2.75, 3.05) is 13.1 Å². The highest BCUT2D eigenvalue weighted by Crippen LogP contribution is 1.89. The van der Waals surface area contributed by atoms with E-state index in [1.165, 1.54) is 0 Å². The fourth-order valence-electron chi connectivity index (χ4n) is 0.833. The third-order valence-electron chi connectivity index (χ3n) is 1.49. The topological polar surface area (TPSA) is 55.1 Å². The number of carbonyl (C=O) groups is 1. The van der Waals surface area contributed by atoms with E-state index in [1.807, 2.05) is 0 Å². The van der Waals surface area contributed by atoms with E-state index in [2.05, 4.69) is 12.2 Å². The lowest BCUT2D eigenvalue weighted by molar-refractivity contribution is -0.109. The summed E-state index contributed by atoms with van der Waals surface area (Å²) >= 11 is 0. The van der Waals surface area contributed by atoms with Crippen LogP contribution in [-0.4, -0.2) is 25.4 Å². The predicted molar refractivity (Wildman–Crippen MR) is 46.4 cm³/mol. The lowest BCUT2D eigenvalue weighted by Crippen LogP contribution is -2.24. The van der Waals surface area contributed by atoms with Crippen LogP contribution < -0.4 is 11.1 Å². The van der Waals surface area contributed by atoms with Gasteiger partial charge < -0.3 is 15.8 Å². The van der Waals surface area contributed by atoms with Gasteiger partial charge in [-0.05, 0) is 32.4 Å². The Balaban J connectivity index is 2.95. The maximum absolute atomic E-state index is 10.1. The highest BCUT2D eigenvalue weighted by molar-refractivity contribution is 5.56. The molecule has 0 aromatic carbocycles. The minimum atomic E-state index is -0.265. The van der Waals surface area contributed by atoms with Crippen molar-refractivity contribution in [3.05, 3.63) is 0 Å². The van der Waals surface area contributed by atoms with Gasteiger partial charge in [-0.3, -0.25) is 0 Å². The minimum Gasteiger partial charge on any atom is -0.322 e. The number of carbonyl (C=O) groups excluding carboxylic acids is 1. The van der Waals surface area contributed by atoms with Crippen LogP contribution in [0, 0.1) is 0 Å². The monoisotopic (exact) mass is 158 g/mol. The summed E-state index contributed by atoms with van der Waals surface area (Å²) in [6, 6.07) is -0.265. The Kier molecular flexibility index (Phi) is 7.41. The molecule has 0 radical (unpaired) electrons. The summed E-state index contributed by atoms with van der Waals surface area (Å²) in [6.45, 7) is 4.15. The van der Waals surface area contributed by atoms with E-state index in [0.29, 0.717) is 0 Å². The largest absolute Gasteiger partial charge is 0.322 e. The van der Waals surface area contributed by atoms with Crippen LogP contribution in [0.1, 0.15) is 26.2 Å². The van der Waals surface area contributed by atoms with Crippen LogP contribution in [-0.2, 0) is 4.79 Å². The average molecular weight is 158 g/mol. The van der Waals surface area contributed by atoms with Gasteiger partial charge in [0.2, 0.25) is 0 Å². The smallest absolute Gasteiger partial charge is 0.136 e. The lowest BCUT2D eigenvalue weighted by Gasteiger charge is -2.04. The summed E-state index contributed by atoms with van der Waals surface area (Å²) in [7, 11) is 0. The van der Waals surface area contributed by atoms with E-state index in [9.17, 15) is 4.79 Å². The van der Waals surface area contributed by atoms with Crippen LogP contribution in [0.25, 0.3) is 0 Å². The molecule has 66 valence electrons. The van der Waals surface area contributed by atoms with E-state index in [4.69, 9.17) is 5.73 Å². The highest BCUT2D eigenvalue weighted by atomic mass is 16.1. The quantitative estimate of drug-likeness (QED) is 0.413. The zero-order valence-corrected chi connectivity index (χ0v) is 7.18. The zero-order valence-electron chi connectivity index (χ0n) is 7.18. The van der Waals surface area contributed by atoms with Gasteiger partial charge >= 0.3 is 0 Å². The summed E-state index contributed by atoms with van der Waals surface area (Å²) in [4.78, 5) is 10.1. The molecule has 11 heavy (non-hydrogen) atoms. The molecular formula is C8H18N2O. The van der Waals surface area contributed by atoms with Gasteiger partial charge in [-0.2, -0.15) is 0 Å². The average Bonchev–Trinajstić information content (AvgIpc) is 2.04. The molecule has 1 unspecified atom stereocenters. The molecule has 1 atom stereocenters. The molecule has 0 aromatic rings. The van der Waals surface area contributed by atoms with E-state index in [1.54, 1.807) is 0 Å². The molecule has 0 saturated carbocycles. The van der Waals surface area contributed by atoms with Crippen LogP contribution in [0.3, 0.4) is 0 Å². The maximum Gasteiger partial charge on any atom is 0.136 e. The van der Waals surface area contributed by atoms with Crippen molar-refractivity contribution < 1.29 is 4.79 Å². The normalized spacial score (nSPS) is 12.9. The van der Waals surface area contributed by atoms with Crippen molar-refractivity contribution in [2.24, 2.45) is 5.73 Å². The fraction of sp³-hybridized carbons (Fsp3) is 0.875. The molecular weight excluding hydrogens is 140 g/mol. The first-order chi connectivity index (χ1) is 5.31. The second-order valence-electron chi connectivity index (χ2n) is 2.69. The van der Waals surface area contributed by atoms with Crippen LogP contribution in [0.4, 0.5) is 0 Å². The summed E-state index contributed by atoms with van der Waals surface area (Å²) in [5, 5.41) is 3.24. The number of hydrogen-bond donors (Lipinski definition) is 2. The third-order valence-corrected chi connectivity index (χ3v) is 1.49. The third kappa shape index (κ3) is 7.49. The molecule has 0 aliphatic carbocycles. The number of rotatable bonds is 7. The molecule has 0 aliphatic heterocycles. The first-order valence-electron chi connectivity index (χ1n) is 4.22. The van der Waals surface area contributed by atoms with Gasteiger partial charge in [0.1, 0.15) is 6.29 Å². The number of nitrogens with two attached hydrogens (primary N) is 1. The van der Waals surface area contributed by atoms with Gasteiger partial charge in [-0.25, -0.2) is 0 Å². The van der Waals surface area contributed by atoms with Gasteiger partial charge in [-0.1, -0.05) is 6.92 Å². The summed E-state index contributed by atoms with van der Waals surface area (Å²) in [5.74, 6) is 0. The highest BCUT2D eigenvalue weighted by Gasteiger charge is 1.97. The number of nitrogens with one attached hydrogen (secondary N) is 1. The first-order valence-corrected chi connectivity index (χ1v) is 4.22. The second kappa shape index (κ2) is 7.69. The Morgan fingerprint density at radius 2 is 2.27 bits per heavy atom. The van der Waals surface area contributed by atoms with Gasteiger partial charge in [0, 0.05) is 0 Å². The molecule has 3 N–H and O–H groups in total. The molecule has 0 rings (SSSR count). The molecule has 0 amide bonds. The van der Waals surface area contributed by atoms with E-state index in [0.717, 1.165) is 38.6 Å². The molecule has 0 heterocycles. The van der Waals surface area contributed by atoms with Crippen molar-refractivity contribution in [1.82, 2.24) is 5.32 Å². The molecule has 3 nitrogen and oxygen atoms in total. The van der Waals surface area contributed by atoms with Crippen LogP contribution in [0.15, 0.2) is 0 Å². The fourth-order valence-corrected chi connectivity index (χ4v) is 0.833. The van der Waals surface area contributed by atoms with Crippen molar-refractivity contribution in [1.29, 1.82) is 0 Å². The minimum absolute atomic E-state index is 0.265. The Labute approximate surface area is 68.3 Å². The number of hydrogen-bond acceptors (Lipinski definition) is 3. The van der Waals surface area contributed by atoms with Gasteiger partial charge in [0.25, 0.3) is 0 Å². The van der Waals surface area contributed by atoms with E-state index < -0.39 is 0 Å². The Bertz CT molecular complexity index is 96.1. The van der Waals surface area contributed by atoms with Crippen molar-refractivity contribution in [2.45, 2.75) is 32.2 Å². The van der Waals surface area contributed by atoms with Crippen LogP contribution in [0.2, 0.25) is 0 Å². The molecule has 0 spiro atoms. The van der Waals surface area contributed by atoms with Gasteiger partial charge in [0.15, 0.2) is 0 Å². The molecule has 3 heteroatoms.